The van der Waals surface area contributed by atoms with Crippen molar-refractivity contribution in [2.75, 3.05) is 38.3 Å². The van der Waals surface area contributed by atoms with Gasteiger partial charge in [0.2, 0.25) is 11.9 Å². The highest BCUT2D eigenvalue weighted by atomic mass is 19.4. The highest BCUT2D eigenvalue weighted by molar-refractivity contribution is 5.77. The molecule has 2 saturated heterocycles. The molecule has 1 aromatic rings. The summed E-state index contributed by atoms with van der Waals surface area (Å²) >= 11 is 0. The minimum absolute atomic E-state index is 0.0260. The Morgan fingerprint density at radius 3 is 2.61 bits per heavy atom. The van der Waals surface area contributed by atoms with Crippen molar-refractivity contribution in [1.82, 2.24) is 14.9 Å². The van der Waals surface area contributed by atoms with Gasteiger partial charge in [0, 0.05) is 39.0 Å². The van der Waals surface area contributed by atoms with Crippen LogP contribution in [0, 0.1) is 5.92 Å². The molecule has 1 amide bonds. The molecular weight excluding hydrogens is 373 g/mol. The first-order chi connectivity index (χ1) is 13.4. The van der Waals surface area contributed by atoms with Crippen LogP contribution in [-0.2, 0) is 15.7 Å². The van der Waals surface area contributed by atoms with E-state index in [0.29, 0.717) is 19.0 Å². The van der Waals surface area contributed by atoms with Gasteiger partial charge in [0.25, 0.3) is 0 Å². The number of nitrogens with zero attached hydrogens (tertiary/aromatic N) is 4. The number of amides is 1. The molecule has 6 nitrogen and oxygen atoms in total. The molecule has 28 heavy (non-hydrogen) atoms. The molecule has 9 heteroatoms. The third-order valence-electron chi connectivity index (χ3n) is 5.69. The average Bonchev–Trinajstić information content (AvgIpc) is 2.94. The monoisotopic (exact) mass is 400 g/mol. The van der Waals surface area contributed by atoms with Crippen molar-refractivity contribution >= 4 is 11.9 Å². The maximum atomic E-state index is 12.9. The van der Waals surface area contributed by atoms with Crippen molar-refractivity contribution in [3.05, 3.63) is 18.0 Å². The Labute approximate surface area is 163 Å². The number of rotatable bonds is 4. The molecule has 0 bridgehead atoms. The number of hydrogen-bond donors (Lipinski definition) is 0. The van der Waals surface area contributed by atoms with Gasteiger partial charge >= 0.3 is 6.18 Å². The molecule has 2 aliphatic heterocycles. The fourth-order valence-electron chi connectivity index (χ4n) is 4.28. The van der Waals surface area contributed by atoms with Gasteiger partial charge in [-0.15, -0.1) is 0 Å². The van der Waals surface area contributed by atoms with Gasteiger partial charge < -0.3 is 14.5 Å². The van der Waals surface area contributed by atoms with Crippen LogP contribution >= 0.6 is 0 Å². The fraction of sp³-hybridized carbons (Fsp3) is 0.737. The van der Waals surface area contributed by atoms with Crippen LogP contribution in [0.4, 0.5) is 19.1 Å². The number of hydrogen-bond acceptors (Lipinski definition) is 5. The van der Waals surface area contributed by atoms with Gasteiger partial charge in [-0.25, -0.2) is 9.97 Å². The average molecular weight is 400 g/mol. The van der Waals surface area contributed by atoms with Gasteiger partial charge in [0.05, 0.1) is 0 Å². The minimum Gasteiger partial charge on any atom is -0.375 e. The van der Waals surface area contributed by atoms with Crippen molar-refractivity contribution in [3.63, 3.8) is 0 Å². The van der Waals surface area contributed by atoms with Crippen molar-refractivity contribution in [1.29, 1.82) is 0 Å². The lowest BCUT2D eigenvalue weighted by Crippen LogP contribution is -2.49. The smallest absolute Gasteiger partial charge is 0.375 e. The molecule has 0 spiro atoms. The Morgan fingerprint density at radius 2 is 1.93 bits per heavy atom. The Bertz CT molecular complexity index is 663. The molecule has 0 radical (unpaired) electrons. The quantitative estimate of drug-likeness (QED) is 0.777. The second-order valence-corrected chi connectivity index (χ2v) is 7.50. The number of methoxy groups -OCH3 is 1. The van der Waals surface area contributed by atoms with Crippen LogP contribution in [0.5, 0.6) is 0 Å². The van der Waals surface area contributed by atoms with Crippen LogP contribution in [0.1, 0.15) is 44.2 Å². The highest BCUT2D eigenvalue weighted by Crippen LogP contribution is 2.32. The van der Waals surface area contributed by atoms with E-state index in [4.69, 9.17) is 4.74 Å². The van der Waals surface area contributed by atoms with Gasteiger partial charge in [-0.05, 0) is 37.7 Å². The lowest BCUT2D eigenvalue weighted by atomic mass is 9.86. The van der Waals surface area contributed by atoms with E-state index in [1.807, 2.05) is 9.80 Å². The van der Waals surface area contributed by atoms with Crippen LogP contribution in [0.15, 0.2) is 12.3 Å². The Hall–Kier alpha value is -1.90. The maximum Gasteiger partial charge on any atom is 0.433 e. The molecule has 2 aliphatic rings. The second-order valence-electron chi connectivity index (χ2n) is 7.50. The molecule has 3 heterocycles. The minimum atomic E-state index is -4.47. The van der Waals surface area contributed by atoms with Gasteiger partial charge in [-0.3, -0.25) is 4.79 Å². The van der Waals surface area contributed by atoms with Crippen LogP contribution in [-0.4, -0.2) is 60.2 Å². The van der Waals surface area contributed by atoms with E-state index in [2.05, 4.69) is 9.97 Å². The van der Waals surface area contributed by atoms with Crippen molar-refractivity contribution < 1.29 is 22.7 Å². The van der Waals surface area contributed by atoms with Crippen molar-refractivity contribution in [3.8, 4) is 0 Å². The predicted octanol–water partition coefficient (Wildman–Crippen LogP) is 3.13. The summed E-state index contributed by atoms with van der Waals surface area (Å²) in [5.74, 6) is 0.487. The zero-order valence-electron chi connectivity index (χ0n) is 16.1. The lowest BCUT2D eigenvalue weighted by molar-refractivity contribution is -0.141. The first-order valence-corrected chi connectivity index (χ1v) is 9.83. The molecule has 3 rings (SSSR count). The van der Waals surface area contributed by atoms with Gasteiger partial charge in [-0.1, -0.05) is 12.8 Å². The largest absolute Gasteiger partial charge is 0.433 e. The summed E-state index contributed by atoms with van der Waals surface area (Å²) in [6.45, 7) is 2.03. The van der Waals surface area contributed by atoms with E-state index in [1.165, 1.54) is 7.11 Å². The number of halogens is 3. The number of alkyl halides is 3. The second kappa shape index (κ2) is 9.07. The van der Waals surface area contributed by atoms with E-state index >= 15 is 0 Å². The molecule has 1 atom stereocenters. The van der Waals surface area contributed by atoms with Gasteiger partial charge in [0.15, 0.2) is 0 Å². The van der Waals surface area contributed by atoms with E-state index in [1.54, 1.807) is 0 Å². The highest BCUT2D eigenvalue weighted by Gasteiger charge is 2.36. The van der Waals surface area contributed by atoms with Crippen LogP contribution < -0.4 is 4.90 Å². The van der Waals surface area contributed by atoms with Crippen LogP contribution in [0.25, 0.3) is 0 Å². The fourth-order valence-corrected chi connectivity index (χ4v) is 4.28. The molecule has 1 unspecified atom stereocenters. The first kappa shape index (κ1) is 20.8. The summed E-state index contributed by atoms with van der Waals surface area (Å²) in [7, 11) is 1.53. The number of piperidine rings is 1. The predicted molar refractivity (Wildman–Crippen MR) is 97.8 cm³/mol. The summed E-state index contributed by atoms with van der Waals surface area (Å²) in [5, 5.41) is 0. The molecule has 0 aliphatic carbocycles. The topological polar surface area (TPSA) is 58.6 Å². The lowest BCUT2D eigenvalue weighted by Gasteiger charge is -2.40. The standard InChI is InChI=1S/C19H27F3N4O2/c1-28-13-17(27)26-10-4-2-3-5-15(26)14-7-11-25(12-8-14)18-23-9-6-16(24-18)19(20,21)22/h6,9,14-15H,2-5,7-8,10-13H2,1H3. The maximum absolute atomic E-state index is 12.9. The molecule has 156 valence electrons. The van der Waals surface area contributed by atoms with Crippen molar-refractivity contribution in [2.45, 2.75) is 50.7 Å². The number of anilines is 1. The molecule has 1 aromatic heterocycles. The number of aromatic nitrogens is 2. The molecule has 0 N–H and O–H groups in total. The Morgan fingerprint density at radius 1 is 1.18 bits per heavy atom. The SMILES string of the molecule is COCC(=O)N1CCCCCC1C1CCN(c2nccc(C(F)(F)F)n2)CC1. The normalized spacial score (nSPS) is 22.2. The summed E-state index contributed by atoms with van der Waals surface area (Å²) < 4.78 is 43.7. The number of likely N-dealkylation sites (tertiary alicyclic amines) is 1. The van der Waals surface area contributed by atoms with Gasteiger partial charge in [0.1, 0.15) is 12.3 Å². The van der Waals surface area contributed by atoms with Crippen LogP contribution in [0.3, 0.4) is 0 Å². The molecule has 0 aromatic carbocycles. The third-order valence-corrected chi connectivity index (χ3v) is 5.69. The van der Waals surface area contributed by atoms with E-state index in [0.717, 1.165) is 57.3 Å². The summed E-state index contributed by atoms with van der Waals surface area (Å²) in [5.41, 5.74) is -0.917. The molecular formula is C19H27F3N4O2. The van der Waals surface area contributed by atoms with E-state index < -0.39 is 11.9 Å². The van der Waals surface area contributed by atoms with Crippen molar-refractivity contribution in [2.24, 2.45) is 5.92 Å². The van der Waals surface area contributed by atoms with E-state index in [-0.39, 0.29) is 24.5 Å². The molecule has 2 fully saturated rings. The number of carbonyl (C=O) groups excluding carboxylic acids is 1. The number of ether oxygens (including phenoxy) is 1. The third kappa shape index (κ3) is 4.92. The Kier molecular flexibility index (Phi) is 6.74. The van der Waals surface area contributed by atoms with Crippen LogP contribution in [0.2, 0.25) is 0 Å². The van der Waals surface area contributed by atoms with E-state index in [9.17, 15) is 18.0 Å². The zero-order chi connectivity index (χ0) is 20.1. The summed E-state index contributed by atoms with van der Waals surface area (Å²) in [6, 6.07) is 1.07. The van der Waals surface area contributed by atoms with Gasteiger partial charge in [-0.2, -0.15) is 13.2 Å². The zero-order valence-corrected chi connectivity index (χ0v) is 16.1. The first-order valence-electron chi connectivity index (χ1n) is 9.83. The Balaban J connectivity index is 1.66. The summed E-state index contributed by atoms with van der Waals surface area (Å²) in [4.78, 5) is 24.0. The summed E-state index contributed by atoms with van der Waals surface area (Å²) in [6.07, 6.45) is 2.49. The number of carbonyl (C=O) groups is 1. The molecule has 0 saturated carbocycles.